The summed E-state index contributed by atoms with van der Waals surface area (Å²) in [5.74, 6) is -0.242. The Hall–Kier alpha value is -4.48. The van der Waals surface area contributed by atoms with Crippen molar-refractivity contribution in [2.24, 2.45) is 0 Å². The number of aryl methyl sites for hydroxylation is 1. The highest BCUT2D eigenvalue weighted by molar-refractivity contribution is 7.91. The van der Waals surface area contributed by atoms with Gasteiger partial charge < -0.3 is 15.1 Å². The maximum absolute atomic E-state index is 13.6. The first-order chi connectivity index (χ1) is 21.2. The van der Waals surface area contributed by atoms with Crippen LogP contribution in [0.2, 0.25) is 5.02 Å². The fourth-order valence-corrected chi connectivity index (χ4v) is 7.00. The summed E-state index contributed by atoms with van der Waals surface area (Å²) in [5.41, 5.74) is 2.35. The molecule has 1 N–H and O–H groups in total. The van der Waals surface area contributed by atoms with Gasteiger partial charge in [-0.1, -0.05) is 35.9 Å². The summed E-state index contributed by atoms with van der Waals surface area (Å²) in [6.45, 7) is 3.07. The standard InChI is InChI=1S/C32H31ClN6O4S/c1-22-20-39-29(36-22)6-4-7-30(39)37-14-15-38(28(21-37)32(41)35-19-26-5-2-3-13-34-26)31(40)12-16-44(42,43)27-11-9-23-17-25(33)10-8-24(23)18-27/h2-11,13,17-18,20,28H,12,14-16,19,21H2,1H3,(H,35,41). The number of piperazine rings is 1. The summed E-state index contributed by atoms with van der Waals surface area (Å²) < 4.78 is 28.5. The normalized spacial score (nSPS) is 15.5. The van der Waals surface area contributed by atoms with Crippen molar-refractivity contribution in [3.05, 3.63) is 102 Å². The molecule has 12 heteroatoms. The monoisotopic (exact) mass is 630 g/mol. The van der Waals surface area contributed by atoms with E-state index in [9.17, 15) is 18.0 Å². The molecular formula is C32H31ClN6O4S. The summed E-state index contributed by atoms with van der Waals surface area (Å²) in [5, 5.41) is 5.05. The van der Waals surface area contributed by atoms with E-state index in [0.29, 0.717) is 17.3 Å². The van der Waals surface area contributed by atoms with E-state index in [2.05, 4.69) is 20.2 Å². The number of pyridine rings is 2. The molecule has 1 saturated heterocycles. The number of fused-ring (bicyclic) bond motifs is 2. The molecule has 0 saturated carbocycles. The first-order valence-corrected chi connectivity index (χ1v) is 16.3. The van der Waals surface area contributed by atoms with E-state index >= 15 is 0 Å². The molecule has 3 aromatic heterocycles. The van der Waals surface area contributed by atoms with Crippen LogP contribution in [0.25, 0.3) is 16.4 Å². The topological polar surface area (TPSA) is 117 Å². The summed E-state index contributed by atoms with van der Waals surface area (Å²) in [6.07, 6.45) is 3.34. The van der Waals surface area contributed by atoms with Crippen LogP contribution in [0, 0.1) is 6.92 Å². The highest BCUT2D eigenvalue weighted by atomic mass is 35.5. The maximum atomic E-state index is 13.6. The van der Waals surface area contributed by atoms with Crippen LogP contribution in [0.1, 0.15) is 17.8 Å². The zero-order chi connectivity index (χ0) is 30.8. The van der Waals surface area contributed by atoms with Crippen LogP contribution in [0.15, 0.2) is 90.1 Å². The minimum Gasteiger partial charge on any atom is -0.353 e. The molecule has 1 aliphatic rings. The molecule has 1 aliphatic heterocycles. The molecule has 0 radical (unpaired) electrons. The van der Waals surface area contributed by atoms with Crippen LogP contribution in [0.4, 0.5) is 5.82 Å². The molecule has 10 nitrogen and oxygen atoms in total. The average molecular weight is 631 g/mol. The van der Waals surface area contributed by atoms with Crippen molar-refractivity contribution in [1.82, 2.24) is 24.6 Å². The number of hydrogen-bond acceptors (Lipinski definition) is 7. The van der Waals surface area contributed by atoms with Crippen molar-refractivity contribution in [2.45, 2.75) is 30.8 Å². The van der Waals surface area contributed by atoms with Gasteiger partial charge in [-0.25, -0.2) is 13.4 Å². The number of carbonyl (C=O) groups excluding carboxylic acids is 2. The van der Waals surface area contributed by atoms with E-state index in [0.717, 1.165) is 27.9 Å². The number of amides is 2. The van der Waals surface area contributed by atoms with Crippen LogP contribution in [-0.4, -0.2) is 70.9 Å². The van der Waals surface area contributed by atoms with Gasteiger partial charge in [0.05, 0.1) is 28.6 Å². The lowest BCUT2D eigenvalue weighted by Crippen LogP contribution is -2.61. The third-order valence-corrected chi connectivity index (χ3v) is 9.75. The SMILES string of the molecule is Cc1cn2c(N3CCN(C(=O)CCS(=O)(=O)c4ccc5cc(Cl)ccc5c4)C(C(=O)NCc4ccccn4)C3)cccc2n1. The third kappa shape index (κ3) is 6.24. The van der Waals surface area contributed by atoms with Crippen molar-refractivity contribution < 1.29 is 18.0 Å². The first kappa shape index (κ1) is 29.6. The largest absolute Gasteiger partial charge is 0.353 e. The molecule has 0 spiro atoms. The molecule has 2 amide bonds. The molecule has 0 bridgehead atoms. The van der Waals surface area contributed by atoms with Crippen LogP contribution in [0.5, 0.6) is 0 Å². The molecular weight excluding hydrogens is 600 g/mol. The summed E-state index contributed by atoms with van der Waals surface area (Å²) >= 11 is 6.06. The molecule has 5 aromatic rings. The smallest absolute Gasteiger partial charge is 0.244 e. The number of benzene rings is 2. The number of anilines is 1. The summed E-state index contributed by atoms with van der Waals surface area (Å²) in [4.78, 5) is 39.7. The number of sulfone groups is 1. The van der Waals surface area contributed by atoms with Gasteiger partial charge in [0.25, 0.3) is 0 Å². The molecule has 6 rings (SSSR count). The Labute approximate surface area is 260 Å². The van der Waals surface area contributed by atoms with Crippen LogP contribution < -0.4 is 10.2 Å². The highest BCUT2D eigenvalue weighted by Gasteiger charge is 2.36. The Morgan fingerprint density at radius 3 is 2.64 bits per heavy atom. The van der Waals surface area contributed by atoms with Crippen molar-refractivity contribution in [3.63, 3.8) is 0 Å². The molecule has 4 heterocycles. The lowest BCUT2D eigenvalue weighted by molar-refractivity contribution is -0.140. The predicted octanol–water partition coefficient (Wildman–Crippen LogP) is 4.04. The van der Waals surface area contributed by atoms with E-state index < -0.39 is 21.8 Å². The molecule has 2 aromatic carbocycles. The Balaban J connectivity index is 1.21. The van der Waals surface area contributed by atoms with Gasteiger partial charge in [0, 0.05) is 43.5 Å². The van der Waals surface area contributed by atoms with Gasteiger partial charge in [-0.2, -0.15) is 0 Å². The number of halogens is 1. The van der Waals surface area contributed by atoms with E-state index in [1.165, 1.54) is 11.0 Å². The molecule has 44 heavy (non-hydrogen) atoms. The molecule has 1 fully saturated rings. The van der Waals surface area contributed by atoms with Crippen molar-refractivity contribution in [1.29, 1.82) is 0 Å². The number of carbonyl (C=O) groups is 2. The number of aromatic nitrogens is 3. The van der Waals surface area contributed by atoms with Crippen LogP contribution in [-0.2, 0) is 26.0 Å². The fraction of sp³-hybridized carbons (Fsp3) is 0.250. The Kier molecular flexibility index (Phi) is 8.24. The second-order valence-corrected chi connectivity index (χ2v) is 13.4. The van der Waals surface area contributed by atoms with E-state index in [1.54, 1.807) is 42.6 Å². The first-order valence-electron chi connectivity index (χ1n) is 14.3. The van der Waals surface area contributed by atoms with Gasteiger partial charge in [0.1, 0.15) is 17.5 Å². The lowest BCUT2D eigenvalue weighted by atomic mass is 10.1. The molecule has 0 aliphatic carbocycles. The summed E-state index contributed by atoms with van der Waals surface area (Å²) in [6, 6.07) is 20.5. The third-order valence-electron chi connectivity index (χ3n) is 7.81. The maximum Gasteiger partial charge on any atom is 0.244 e. The zero-order valence-electron chi connectivity index (χ0n) is 24.1. The second kappa shape index (κ2) is 12.3. The molecule has 1 unspecified atom stereocenters. The number of hydrogen-bond donors (Lipinski definition) is 1. The Morgan fingerprint density at radius 2 is 1.82 bits per heavy atom. The van der Waals surface area contributed by atoms with Gasteiger partial charge in [-0.15, -0.1) is 0 Å². The van der Waals surface area contributed by atoms with Gasteiger partial charge in [-0.05, 0) is 66.2 Å². The lowest BCUT2D eigenvalue weighted by Gasteiger charge is -2.41. The van der Waals surface area contributed by atoms with Gasteiger partial charge in [-0.3, -0.25) is 19.0 Å². The minimum absolute atomic E-state index is 0.137. The van der Waals surface area contributed by atoms with E-state index in [1.807, 2.05) is 47.9 Å². The number of rotatable bonds is 8. The summed E-state index contributed by atoms with van der Waals surface area (Å²) in [7, 11) is -3.77. The van der Waals surface area contributed by atoms with Crippen molar-refractivity contribution in [2.75, 3.05) is 30.3 Å². The van der Waals surface area contributed by atoms with Gasteiger partial charge >= 0.3 is 0 Å². The number of imidazole rings is 1. The van der Waals surface area contributed by atoms with Gasteiger partial charge in [0.15, 0.2) is 9.84 Å². The van der Waals surface area contributed by atoms with Crippen molar-refractivity contribution in [3.8, 4) is 0 Å². The second-order valence-electron chi connectivity index (χ2n) is 10.8. The Bertz CT molecular complexity index is 1960. The average Bonchev–Trinajstić information content (AvgIpc) is 3.42. The van der Waals surface area contributed by atoms with Crippen LogP contribution >= 0.6 is 11.6 Å². The van der Waals surface area contributed by atoms with Gasteiger partial charge in [0.2, 0.25) is 11.8 Å². The number of nitrogens with zero attached hydrogens (tertiary/aromatic N) is 5. The van der Waals surface area contributed by atoms with E-state index in [4.69, 9.17) is 11.6 Å². The fourth-order valence-electron chi connectivity index (χ4n) is 5.56. The Morgan fingerprint density at radius 1 is 1.00 bits per heavy atom. The van der Waals surface area contributed by atoms with Crippen molar-refractivity contribution >= 4 is 55.5 Å². The van der Waals surface area contributed by atoms with E-state index in [-0.39, 0.29) is 42.6 Å². The highest BCUT2D eigenvalue weighted by Crippen LogP contribution is 2.25. The molecule has 1 atom stereocenters. The predicted molar refractivity (Wildman–Crippen MR) is 169 cm³/mol. The molecule has 226 valence electrons. The quantitative estimate of drug-likeness (QED) is 0.275. The van der Waals surface area contributed by atoms with Crippen LogP contribution in [0.3, 0.4) is 0 Å². The minimum atomic E-state index is -3.77. The number of nitrogens with one attached hydrogen (secondary N) is 1. The zero-order valence-corrected chi connectivity index (χ0v) is 25.6.